The van der Waals surface area contributed by atoms with Gasteiger partial charge in [-0.3, -0.25) is 0 Å². The van der Waals surface area contributed by atoms with Crippen LogP contribution in [0.5, 0.6) is 0 Å². The molecule has 0 spiro atoms. The molecular weight excluding hydrogens is 132 g/mol. The molecule has 0 aromatic rings. The number of carbonyl (C=O) groups is 1. The third kappa shape index (κ3) is 5.11. The Hall–Kier alpha value is -1.03. The highest BCUT2D eigenvalue weighted by atomic mass is 16.5. The maximum atomic E-state index is 10.6. The zero-order chi connectivity index (χ0) is 7.82. The van der Waals surface area contributed by atoms with Crippen molar-refractivity contribution in [1.82, 2.24) is 10.6 Å². The Morgan fingerprint density at radius 1 is 1.70 bits per heavy atom. The van der Waals surface area contributed by atoms with Crippen LogP contribution in [-0.2, 0) is 4.74 Å². The van der Waals surface area contributed by atoms with Gasteiger partial charge in [0.1, 0.15) is 6.73 Å². The molecule has 10 heavy (non-hydrogen) atoms. The number of rotatable bonds is 4. The molecular formula is C6H12N2O2. The number of hydrogen-bond acceptors (Lipinski definition) is 2. The molecule has 0 aromatic heterocycles. The second-order valence-electron chi connectivity index (χ2n) is 1.61. The predicted octanol–water partition coefficient (Wildman–Crippen LogP) is 0.0755. The van der Waals surface area contributed by atoms with Gasteiger partial charge in [0.15, 0.2) is 0 Å². The number of urea groups is 1. The summed E-state index contributed by atoms with van der Waals surface area (Å²) in [5, 5.41) is 4.97. The summed E-state index contributed by atoms with van der Waals surface area (Å²) in [6.07, 6.45) is 1.60. The first kappa shape index (κ1) is 8.97. The third-order valence-electron chi connectivity index (χ3n) is 0.784. The van der Waals surface area contributed by atoms with Gasteiger partial charge in [0.05, 0.1) is 0 Å². The van der Waals surface area contributed by atoms with Gasteiger partial charge in [-0.25, -0.2) is 4.79 Å². The number of nitrogens with one attached hydrogen (secondary N) is 2. The fourth-order valence-corrected chi connectivity index (χ4v) is 0.365. The number of carbonyl (C=O) groups excluding carboxylic acids is 1. The molecule has 2 N–H and O–H groups in total. The zero-order valence-corrected chi connectivity index (χ0v) is 6.02. The lowest BCUT2D eigenvalue weighted by Crippen LogP contribution is -2.36. The van der Waals surface area contributed by atoms with Gasteiger partial charge in [0.2, 0.25) is 0 Å². The molecule has 0 atom stereocenters. The van der Waals surface area contributed by atoms with Gasteiger partial charge in [-0.2, -0.15) is 0 Å². The van der Waals surface area contributed by atoms with Crippen LogP contribution in [0.4, 0.5) is 4.79 Å². The second-order valence-corrected chi connectivity index (χ2v) is 1.61. The molecule has 2 amide bonds. The van der Waals surface area contributed by atoms with E-state index < -0.39 is 0 Å². The number of methoxy groups -OCH3 is 1. The first-order valence-corrected chi connectivity index (χ1v) is 2.92. The van der Waals surface area contributed by atoms with Crippen LogP contribution in [-0.4, -0.2) is 26.4 Å². The van der Waals surface area contributed by atoms with Crippen molar-refractivity contribution in [3.63, 3.8) is 0 Å². The Bertz CT molecular complexity index is 114. The summed E-state index contributed by atoms with van der Waals surface area (Å²) in [5.74, 6) is 0. The number of ether oxygens (including phenoxy) is 1. The molecule has 4 heteroatoms. The van der Waals surface area contributed by atoms with Crippen molar-refractivity contribution in [3.05, 3.63) is 12.7 Å². The maximum Gasteiger partial charge on any atom is 0.316 e. The van der Waals surface area contributed by atoms with E-state index in [0.717, 1.165) is 0 Å². The van der Waals surface area contributed by atoms with Gasteiger partial charge in [-0.15, -0.1) is 6.58 Å². The molecule has 0 aliphatic heterocycles. The van der Waals surface area contributed by atoms with E-state index in [1.165, 1.54) is 7.11 Å². The highest BCUT2D eigenvalue weighted by molar-refractivity contribution is 5.73. The van der Waals surface area contributed by atoms with Crippen LogP contribution >= 0.6 is 0 Å². The molecule has 0 fully saturated rings. The van der Waals surface area contributed by atoms with Crippen molar-refractivity contribution in [1.29, 1.82) is 0 Å². The molecule has 0 heterocycles. The monoisotopic (exact) mass is 144 g/mol. The summed E-state index contributed by atoms with van der Waals surface area (Å²) in [6.45, 7) is 4.13. The van der Waals surface area contributed by atoms with Crippen LogP contribution < -0.4 is 10.6 Å². The largest absolute Gasteiger partial charge is 0.364 e. The molecule has 58 valence electrons. The topological polar surface area (TPSA) is 50.4 Å². The average molecular weight is 144 g/mol. The Kier molecular flexibility index (Phi) is 5.47. The van der Waals surface area contributed by atoms with Crippen molar-refractivity contribution < 1.29 is 9.53 Å². The second kappa shape index (κ2) is 6.10. The Morgan fingerprint density at radius 2 is 2.40 bits per heavy atom. The molecule has 0 saturated carbocycles. The number of hydrogen-bond donors (Lipinski definition) is 2. The SMILES string of the molecule is C=CCNC(=O)NCOC. The summed E-state index contributed by atoms with van der Waals surface area (Å²) < 4.78 is 4.59. The summed E-state index contributed by atoms with van der Waals surface area (Å²) >= 11 is 0. The molecule has 0 saturated heterocycles. The van der Waals surface area contributed by atoms with Crippen molar-refractivity contribution in [2.75, 3.05) is 20.4 Å². The summed E-state index contributed by atoms with van der Waals surface area (Å²) in [7, 11) is 1.51. The first-order chi connectivity index (χ1) is 4.81. The van der Waals surface area contributed by atoms with Crippen LogP contribution in [0.15, 0.2) is 12.7 Å². The molecule has 0 aliphatic carbocycles. The minimum Gasteiger partial charge on any atom is -0.364 e. The highest BCUT2D eigenvalue weighted by Crippen LogP contribution is 1.65. The third-order valence-corrected chi connectivity index (χ3v) is 0.784. The standard InChI is InChI=1S/C6H12N2O2/c1-3-4-7-6(9)8-5-10-2/h3H,1,4-5H2,2H3,(H2,7,8,9). The zero-order valence-electron chi connectivity index (χ0n) is 6.02. The van der Waals surface area contributed by atoms with Gasteiger partial charge in [0.25, 0.3) is 0 Å². The molecule has 0 bridgehead atoms. The van der Waals surface area contributed by atoms with E-state index in [9.17, 15) is 4.79 Å². The lowest BCUT2D eigenvalue weighted by Gasteiger charge is -2.02. The number of amides is 2. The fraction of sp³-hybridized carbons (Fsp3) is 0.500. The summed E-state index contributed by atoms with van der Waals surface area (Å²) in [5.41, 5.74) is 0. The molecule has 4 nitrogen and oxygen atoms in total. The lowest BCUT2D eigenvalue weighted by molar-refractivity contribution is 0.173. The van der Waals surface area contributed by atoms with Crippen LogP contribution in [0.2, 0.25) is 0 Å². The van der Waals surface area contributed by atoms with Crippen molar-refractivity contribution in [2.24, 2.45) is 0 Å². The van der Waals surface area contributed by atoms with Gasteiger partial charge < -0.3 is 15.4 Å². The maximum absolute atomic E-state index is 10.6. The molecule has 0 unspecified atom stereocenters. The quantitative estimate of drug-likeness (QED) is 0.433. The van der Waals surface area contributed by atoms with Gasteiger partial charge in [0, 0.05) is 13.7 Å². The minimum atomic E-state index is -0.248. The van der Waals surface area contributed by atoms with Crippen molar-refractivity contribution >= 4 is 6.03 Å². The lowest BCUT2D eigenvalue weighted by atomic mass is 10.6. The normalized spacial score (nSPS) is 8.50. The summed E-state index contributed by atoms with van der Waals surface area (Å²) in [6, 6.07) is -0.248. The van der Waals surface area contributed by atoms with Gasteiger partial charge in [-0.1, -0.05) is 6.08 Å². The molecule has 0 aliphatic rings. The van der Waals surface area contributed by atoms with E-state index in [1.807, 2.05) is 0 Å². The van der Waals surface area contributed by atoms with E-state index >= 15 is 0 Å². The van der Waals surface area contributed by atoms with Gasteiger partial charge in [-0.05, 0) is 0 Å². The first-order valence-electron chi connectivity index (χ1n) is 2.92. The van der Waals surface area contributed by atoms with E-state index in [1.54, 1.807) is 6.08 Å². The van der Waals surface area contributed by atoms with Crippen LogP contribution in [0.3, 0.4) is 0 Å². The van der Waals surface area contributed by atoms with E-state index in [-0.39, 0.29) is 12.8 Å². The Morgan fingerprint density at radius 3 is 2.90 bits per heavy atom. The predicted molar refractivity (Wildman–Crippen MR) is 38.6 cm³/mol. The molecule has 0 aromatic carbocycles. The van der Waals surface area contributed by atoms with Crippen LogP contribution in [0.1, 0.15) is 0 Å². The summed E-state index contributed by atoms with van der Waals surface area (Å²) in [4.78, 5) is 10.6. The highest BCUT2D eigenvalue weighted by Gasteiger charge is 1.92. The average Bonchev–Trinajstić information content (AvgIpc) is 1.97. The fourth-order valence-electron chi connectivity index (χ4n) is 0.365. The van der Waals surface area contributed by atoms with Crippen molar-refractivity contribution in [3.8, 4) is 0 Å². The van der Waals surface area contributed by atoms with Gasteiger partial charge >= 0.3 is 6.03 Å². The minimum absolute atomic E-state index is 0.225. The van der Waals surface area contributed by atoms with E-state index in [4.69, 9.17) is 0 Å². The van der Waals surface area contributed by atoms with E-state index in [2.05, 4.69) is 21.9 Å². The van der Waals surface area contributed by atoms with E-state index in [0.29, 0.717) is 6.54 Å². The van der Waals surface area contributed by atoms with Crippen molar-refractivity contribution in [2.45, 2.75) is 0 Å². The molecule has 0 radical (unpaired) electrons. The Balaban J connectivity index is 3.16. The molecule has 0 rings (SSSR count). The Labute approximate surface area is 60.2 Å². The van der Waals surface area contributed by atoms with Crippen LogP contribution in [0.25, 0.3) is 0 Å². The van der Waals surface area contributed by atoms with Crippen LogP contribution in [0, 0.1) is 0 Å². The smallest absolute Gasteiger partial charge is 0.316 e.